The molecule has 0 saturated carbocycles. The molecule has 0 radical (unpaired) electrons. The first-order valence-electron chi connectivity index (χ1n) is 6.33. The molecule has 0 heterocycles. The van der Waals surface area contributed by atoms with Crippen molar-refractivity contribution in [1.82, 2.24) is 10.0 Å². The molecular weight excluding hydrogens is 316 g/mol. The Kier molecular flexibility index (Phi) is 6.00. The molecule has 6 nitrogen and oxygen atoms in total. The first kappa shape index (κ1) is 17.7. The van der Waals surface area contributed by atoms with Gasteiger partial charge in [-0.15, -0.1) is 0 Å². The Bertz CT molecular complexity index is 617. The van der Waals surface area contributed by atoms with Crippen molar-refractivity contribution >= 4 is 27.5 Å². The van der Waals surface area contributed by atoms with Crippen LogP contribution in [0.3, 0.4) is 0 Å². The van der Waals surface area contributed by atoms with Crippen molar-refractivity contribution in [3.05, 3.63) is 23.2 Å². The van der Waals surface area contributed by atoms with Crippen LogP contribution >= 0.6 is 11.6 Å². The molecule has 0 unspecified atom stereocenters. The van der Waals surface area contributed by atoms with E-state index in [0.29, 0.717) is 0 Å². The van der Waals surface area contributed by atoms with Crippen molar-refractivity contribution in [2.75, 3.05) is 7.11 Å². The van der Waals surface area contributed by atoms with E-state index in [4.69, 9.17) is 16.3 Å². The summed E-state index contributed by atoms with van der Waals surface area (Å²) in [6.45, 7) is 5.05. The number of methoxy groups -OCH3 is 1. The fourth-order valence-electron chi connectivity index (χ4n) is 1.62. The first-order chi connectivity index (χ1) is 9.67. The van der Waals surface area contributed by atoms with Gasteiger partial charge in [-0.2, -0.15) is 4.72 Å². The number of halogens is 1. The smallest absolute Gasteiger partial charge is 0.245 e. The zero-order chi connectivity index (χ0) is 16.2. The summed E-state index contributed by atoms with van der Waals surface area (Å²) in [5, 5.41) is 2.89. The van der Waals surface area contributed by atoms with E-state index < -0.39 is 22.0 Å². The summed E-state index contributed by atoms with van der Waals surface area (Å²) in [4.78, 5) is 11.7. The van der Waals surface area contributed by atoms with E-state index >= 15 is 0 Å². The second-order valence-corrected chi connectivity index (χ2v) is 6.92. The van der Waals surface area contributed by atoms with E-state index in [1.807, 2.05) is 0 Å². The van der Waals surface area contributed by atoms with Crippen LogP contribution in [0.2, 0.25) is 5.02 Å². The van der Waals surface area contributed by atoms with Crippen molar-refractivity contribution in [1.29, 1.82) is 0 Å². The summed E-state index contributed by atoms with van der Waals surface area (Å²) in [6, 6.07) is 3.26. The van der Waals surface area contributed by atoms with E-state index in [9.17, 15) is 13.2 Å². The third-order valence-electron chi connectivity index (χ3n) is 2.57. The van der Waals surface area contributed by atoms with Crippen LogP contribution in [0, 0.1) is 0 Å². The molecule has 0 aromatic heterocycles. The minimum atomic E-state index is -3.93. The highest BCUT2D eigenvalue weighted by molar-refractivity contribution is 7.89. The molecule has 2 N–H and O–H groups in total. The topological polar surface area (TPSA) is 84.5 Å². The second-order valence-electron chi connectivity index (χ2n) is 4.80. The fraction of sp³-hybridized carbons (Fsp3) is 0.462. The van der Waals surface area contributed by atoms with Crippen molar-refractivity contribution in [3.8, 4) is 5.75 Å². The van der Waals surface area contributed by atoms with Gasteiger partial charge >= 0.3 is 0 Å². The fourth-order valence-corrected chi connectivity index (χ4v) is 3.25. The summed E-state index contributed by atoms with van der Waals surface area (Å²) in [7, 11) is -2.57. The summed E-state index contributed by atoms with van der Waals surface area (Å²) in [5.41, 5.74) is 0. The van der Waals surface area contributed by atoms with Crippen LogP contribution < -0.4 is 14.8 Å². The molecule has 1 aromatic carbocycles. The summed E-state index contributed by atoms with van der Waals surface area (Å²) < 4.78 is 32.0. The van der Waals surface area contributed by atoms with Crippen LogP contribution in [0.15, 0.2) is 23.1 Å². The number of hydrogen-bond acceptors (Lipinski definition) is 4. The predicted octanol–water partition coefficient (Wildman–Crippen LogP) is 1.54. The summed E-state index contributed by atoms with van der Waals surface area (Å²) >= 11 is 5.82. The maximum Gasteiger partial charge on any atom is 0.245 e. The van der Waals surface area contributed by atoms with E-state index in [0.717, 1.165) is 0 Å². The number of carbonyl (C=O) groups is 1. The molecule has 0 fully saturated rings. The van der Waals surface area contributed by atoms with Gasteiger partial charge in [0.05, 0.1) is 13.2 Å². The lowest BCUT2D eigenvalue weighted by molar-refractivity contribution is -0.122. The van der Waals surface area contributed by atoms with Crippen LogP contribution in [-0.2, 0) is 14.8 Å². The van der Waals surface area contributed by atoms with Crippen molar-refractivity contribution in [3.63, 3.8) is 0 Å². The molecule has 0 aliphatic rings. The zero-order valence-electron chi connectivity index (χ0n) is 12.3. The molecule has 0 spiro atoms. The molecular formula is C13H19ClN2O4S. The highest BCUT2D eigenvalue weighted by Gasteiger charge is 2.25. The SMILES string of the molecule is COc1ccc(Cl)cc1S(=O)(=O)N[C@H](C)C(=O)NC(C)C. The zero-order valence-corrected chi connectivity index (χ0v) is 13.9. The van der Waals surface area contributed by atoms with Gasteiger partial charge in [0.25, 0.3) is 0 Å². The van der Waals surface area contributed by atoms with Crippen LogP contribution in [0.5, 0.6) is 5.75 Å². The lowest BCUT2D eigenvalue weighted by atomic mass is 10.3. The quantitative estimate of drug-likeness (QED) is 0.826. The Hall–Kier alpha value is -1.31. The van der Waals surface area contributed by atoms with Gasteiger partial charge in [-0.1, -0.05) is 11.6 Å². The van der Waals surface area contributed by atoms with Gasteiger partial charge in [0, 0.05) is 11.1 Å². The number of amides is 1. The Balaban J connectivity index is 3.02. The van der Waals surface area contributed by atoms with E-state index in [1.165, 1.54) is 32.2 Å². The van der Waals surface area contributed by atoms with Gasteiger partial charge in [0.1, 0.15) is 10.6 Å². The van der Waals surface area contributed by atoms with Crippen molar-refractivity contribution in [2.24, 2.45) is 0 Å². The molecule has 0 saturated heterocycles. The van der Waals surface area contributed by atoms with Crippen LogP contribution in [-0.4, -0.2) is 33.5 Å². The van der Waals surface area contributed by atoms with Crippen LogP contribution in [0.4, 0.5) is 0 Å². The number of rotatable bonds is 6. The molecule has 21 heavy (non-hydrogen) atoms. The third-order valence-corrected chi connectivity index (χ3v) is 4.37. The second kappa shape index (κ2) is 7.11. The van der Waals surface area contributed by atoms with Crippen LogP contribution in [0.1, 0.15) is 20.8 Å². The maximum absolute atomic E-state index is 12.3. The molecule has 1 amide bonds. The molecule has 8 heteroatoms. The van der Waals surface area contributed by atoms with Gasteiger partial charge in [0.15, 0.2) is 0 Å². The largest absolute Gasteiger partial charge is 0.495 e. The van der Waals surface area contributed by atoms with Gasteiger partial charge in [-0.25, -0.2) is 8.42 Å². The highest BCUT2D eigenvalue weighted by Crippen LogP contribution is 2.26. The monoisotopic (exact) mass is 334 g/mol. The average molecular weight is 335 g/mol. The molecule has 1 rings (SSSR count). The third kappa shape index (κ3) is 4.87. The lowest BCUT2D eigenvalue weighted by Gasteiger charge is -2.17. The van der Waals surface area contributed by atoms with Gasteiger partial charge in [-0.05, 0) is 39.0 Å². The standard InChI is InChI=1S/C13H19ClN2O4S/c1-8(2)15-13(17)9(3)16-21(18,19)12-7-10(14)5-6-11(12)20-4/h5-9,16H,1-4H3,(H,15,17)/t9-/m1/s1. The van der Waals surface area contributed by atoms with E-state index in [1.54, 1.807) is 13.8 Å². The number of carbonyl (C=O) groups excluding carboxylic acids is 1. The Morgan fingerprint density at radius 1 is 1.29 bits per heavy atom. The predicted molar refractivity (Wildman–Crippen MR) is 81.1 cm³/mol. The normalized spacial score (nSPS) is 13.0. The number of benzene rings is 1. The van der Waals surface area contributed by atoms with Crippen LogP contribution in [0.25, 0.3) is 0 Å². The molecule has 1 aromatic rings. The van der Waals surface area contributed by atoms with Gasteiger partial charge in [-0.3, -0.25) is 4.79 Å². The maximum atomic E-state index is 12.3. The molecule has 1 atom stereocenters. The van der Waals surface area contributed by atoms with E-state index in [2.05, 4.69) is 10.0 Å². The number of nitrogens with one attached hydrogen (secondary N) is 2. The Labute approximate surface area is 129 Å². The van der Waals surface area contributed by atoms with E-state index in [-0.39, 0.29) is 21.7 Å². The molecule has 118 valence electrons. The molecule has 0 aliphatic heterocycles. The van der Waals surface area contributed by atoms with Gasteiger partial charge in [0.2, 0.25) is 15.9 Å². The first-order valence-corrected chi connectivity index (χ1v) is 8.19. The average Bonchev–Trinajstić information content (AvgIpc) is 2.37. The van der Waals surface area contributed by atoms with Gasteiger partial charge < -0.3 is 10.1 Å². The number of ether oxygens (including phenoxy) is 1. The Morgan fingerprint density at radius 3 is 2.43 bits per heavy atom. The summed E-state index contributed by atoms with van der Waals surface area (Å²) in [5.74, 6) is -0.252. The highest BCUT2D eigenvalue weighted by atomic mass is 35.5. The van der Waals surface area contributed by atoms with Crippen molar-refractivity contribution in [2.45, 2.75) is 37.8 Å². The lowest BCUT2D eigenvalue weighted by Crippen LogP contribution is -2.46. The number of sulfonamides is 1. The molecule has 0 aliphatic carbocycles. The van der Waals surface area contributed by atoms with Crippen molar-refractivity contribution < 1.29 is 17.9 Å². The minimum absolute atomic E-state index is 0.0786. The summed E-state index contributed by atoms with van der Waals surface area (Å²) in [6.07, 6.45) is 0. The minimum Gasteiger partial charge on any atom is -0.495 e. The molecule has 0 bridgehead atoms. The number of hydrogen-bond donors (Lipinski definition) is 2. The Morgan fingerprint density at radius 2 is 1.90 bits per heavy atom.